The summed E-state index contributed by atoms with van der Waals surface area (Å²) in [6.07, 6.45) is 1.63. The van der Waals surface area contributed by atoms with Crippen molar-refractivity contribution in [1.82, 2.24) is 25.2 Å². The van der Waals surface area contributed by atoms with E-state index in [1.807, 2.05) is 42.1 Å². The number of nitrogens with one attached hydrogen (secondary N) is 1. The highest BCUT2D eigenvalue weighted by atomic mass is 32.1. The molecule has 0 aliphatic carbocycles. The number of aromatic nitrogens is 4. The summed E-state index contributed by atoms with van der Waals surface area (Å²) in [5.74, 6) is 1.06. The van der Waals surface area contributed by atoms with Crippen molar-refractivity contribution >= 4 is 17.2 Å². The Balaban J connectivity index is 1.36. The third kappa shape index (κ3) is 4.76. The maximum atomic E-state index is 11.9. The molecule has 0 unspecified atom stereocenters. The average molecular weight is 359 g/mol. The number of thiophene rings is 1. The number of rotatable bonds is 8. The first kappa shape index (κ1) is 17.3. The summed E-state index contributed by atoms with van der Waals surface area (Å²) in [6, 6.07) is 5.93. The van der Waals surface area contributed by atoms with Gasteiger partial charge in [0.05, 0.1) is 10.6 Å². The second-order valence-electron chi connectivity index (χ2n) is 5.84. The van der Waals surface area contributed by atoms with Crippen molar-refractivity contribution in [1.29, 1.82) is 0 Å². The van der Waals surface area contributed by atoms with E-state index < -0.39 is 0 Å². The zero-order valence-electron chi connectivity index (χ0n) is 14.4. The van der Waals surface area contributed by atoms with Gasteiger partial charge in [-0.05, 0) is 37.8 Å². The molecule has 3 aromatic rings. The molecule has 0 aliphatic rings. The Bertz CT molecular complexity index is 822. The molecule has 1 amide bonds. The minimum atomic E-state index is -0.00996. The van der Waals surface area contributed by atoms with Crippen LogP contribution in [0.15, 0.2) is 28.1 Å². The highest BCUT2D eigenvalue weighted by molar-refractivity contribution is 7.13. The molecule has 0 spiro atoms. The number of hydrogen-bond acceptors (Lipinski definition) is 6. The second-order valence-corrected chi connectivity index (χ2v) is 6.79. The lowest BCUT2D eigenvalue weighted by Crippen LogP contribution is -2.25. The molecule has 3 rings (SSSR count). The topological polar surface area (TPSA) is 85.8 Å². The normalized spacial score (nSPS) is 11.0. The van der Waals surface area contributed by atoms with Crippen molar-refractivity contribution in [2.75, 3.05) is 6.54 Å². The number of hydrogen-bond donors (Lipinski definition) is 1. The largest absolute Gasteiger partial charge is 0.356 e. The van der Waals surface area contributed by atoms with E-state index in [4.69, 9.17) is 4.52 Å². The molecule has 132 valence electrons. The van der Waals surface area contributed by atoms with E-state index in [0.29, 0.717) is 31.1 Å². The van der Waals surface area contributed by atoms with Crippen LogP contribution in [0, 0.1) is 13.8 Å². The van der Waals surface area contributed by atoms with E-state index in [-0.39, 0.29) is 5.91 Å². The molecule has 0 aromatic carbocycles. The lowest BCUT2D eigenvalue weighted by Gasteiger charge is -2.06. The van der Waals surface area contributed by atoms with E-state index in [1.165, 1.54) is 0 Å². The highest BCUT2D eigenvalue weighted by Gasteiger charge is 2.11. The molecule has 3 aromatic heterocycles. The van der Waals surface area contributed by atoms with Gasteiger partial charge in [-0.1, -0.05) is 11.2 Å². The average Bonchev–Trinajstić information content (AvgIpc) is 3.31. The van der Waals surface area contributed by atoms with E-state index in [2.05, 4.69) is 20.6 Å². The second kappa shape index (κ2) is 8.06. The minimum absolute atomic E-state index is 0.00996. The van der Waals surface area contributed by atoms with Gasteiger partial charge in [0.15, 0.2) is 0 Å². The molecule has 0 saturated carbocycles. The standard InChI is InChI=1S/C17H21N5O2S/c1-12-11-13(2)22(20-12)9-4-8-18-15(23)6-7-16-19-17(21-24-16)14-5-3-10-25-14/h3,5,10-11H,4,6-9H2,1-2H3,(H,18,23). The fraction of sp³-hybridized carbons (Fsp3) is 0.412. The number of aryl methyl sites for hydroxylation is 4. The zero-order valence-corrected chi connectivity index (χ0v) is 15.2. The summed E-state index contributed by atoms with van der Waals surface area (Å²) < 4.78 is 7.16. The molecule has 0 aliphatic heterocycles. The van der Waals surface area contributed by atoms with Gasteiger partial charge in [-0.2, -0.15) is 10.1 Å². The Kier molecular flexibility index (Phi) is 5.60. The smallest absolute Gasteiger partial charge is 0.227 e. The predicted molar refractivity (Wildman–Crippen MR) is 95.3 cm³/mol. The number of carbonyl (C=O) groups is 1. The van der Waals surface area contributed by atoms with E-state index in [0.717, 1.165) is 29.2 Å². The van der Waals surface area contributed by atoms with Gasteiger partial charge in [-0.15, -0.1) is 11.3 Å². The lowest BCUT2D eigenvalue weighted by molar-refractivity contribution is -0.121. The first-order valence-corrected chi connectivity index (χ1v) is 9.14. The van der Waals surface area contributed by atoms with Crippen LogP contribution < -0.4 is 5.32 Å². The van der Waals surface area contributed by atoms with Crippen LogP contribution in [0.2, 0.25) is 0 Å². The maximum Gasteiger partial charge on any atom is 0.227 e. The van der Waals surface area contributed by atoms with E-state index in [9.17, 15) is 4.79 Å². The molecule has 0 fully saturated rings. The molecular formula is C17H21N5O2S. The van der Waals surface area contributed by atoms with Gasteiger partial charge in [0.2, 0.25) is 17.6 Å². The molecule has 8 heteroatoms. The van der Waals surface area contributed by atoms with Gasteiger partial charge < -0.3 is 9.84 Å². The summed E-state index contributed by atoms with van der Waals surface area (Å²) in [7, 11) is 0. The van der Waals surface area contributed by atoms with Crippen molar-refractivity contribution in [3.05, 3.63) is 40.9 Å². The quantitative estimate of drug-likeness (QED) is 0.625. The molecule has 0 bridgehead atoms. The van der Waals surface area contributed by atoms with Gasteiger partial charge in [-0.25, -0.2) is 0 Å². The van der Waals surface area contributed by atoms with Gasteiger partial charge >= 0.3 is 0 Å². The monoisotopic (exact) mass is 359 g/mol. The molecular weight excluding hydrogens is 338 g/mol. The maximum absolute atomic E-state index is 11.9. The summed E-state index contributed by atoms with van der Waals surface area (Å²) in [6.45, 7) is 5.44. The Morgan fingerprint density at radius 2 is 2.28 bits per heavy atom. The van der Waals surface area contributed by atoms with Gasteiger partial charge in [0.1, 0.15) is 0 Å². The van der Waals surface area contributed by atoms with Gasteiger partial charge in [0.25, 0.3) is 0 Å². The summed E-state index contributed by atoms with van der Waals surface area (Å²) in [4.78, 5) is 17.2. The summed E-state index contributed by atoms with van der Waals surface area (Å²) >= 11 is 1.56. The number of amides is 1. The Morgan fingerprint density at radius 3 is 3.00 bits per heavy atom. The molecule has 0 saturated heterocycles. The molecule has 0 atom stereocenters. The van der Waals surface area contributed by atoms with Crippen molar-refractivity contribution in [2.24, 2.45) is 0 Å². The van der Waals surface area contributed by atoms with Crippen LogP contribution in [0.25, 0.3) is 10.7 Å². The van der Waals surface area contributed by atoms with Crippen LogP contribution in [0.1, 0.15) is 30.1 Å². The molecule has 3 heterocycles. The van der Waals surface area contributed by atoms with Crippen LogP contribution in [-0.2, 0) is 17.8 Å². The number of carbonyl (C=O) groups excluding carboxylic acids is 1. The van der Waals surface area contributed by atoms with E-state index in [1.54, 1.807) is 11.3 Å². The Morgan fingerprint density at radius 1 is 1.40 bits per heavy atom. The van der Waals surface area contributed by atoms with Crippen LogP contribution in [-0.4, -0.2) is 32.4 Å². The molecule has 0 radical (unpaired) electrons. The fourth-order valence-electron chi connectivity index (χ4n) is 2.53. The van der Waals surface area contributed by atoms with Gasteiger partial charge in [0, 0.05) is 31.6 Å². The molecule has 1 N–H and O–H groups in total. The van der Waals surface area contributed by atoms with Crippen molar-refractivity contribution in [3.63, 3.8) is 0 Å². The van der Waals surface area contributed by atoms with Crippen molar-refractivity contribution in [2.45, 2.75) is 39.7 Å². The first-order chi connectivity index (χ1) is 12.1. The Labute approximate surface area is 150 Å². The van der Waals surface area contributed by atoms with Crippen LogP contribution >= 0.6 is 11.3 Å². The molecule has 25 heavy (non-hydrogen) atoms. The third-order valence-electron chi connectivity index (χ3n) is 3.75. The lowest BCUT2D eigenvalue weighted by atomic mass is 10.3. The third-order valence-corrected chi connectivity index (χ3v) is 4.61. The van der Waals surface area contributed by atoms with Crippen molar-refractivity contribution in [3.8, 4) is 10.7 Å². The summed E-state index contributed by atoms with van der Waals surface area (Å²) in [5, 5.41) is 13.2. The van der Waals surface area contributed by atoms with Crippen LogP contribution in [0.3, 0.4) is 0 Å². The van der Waals surface area contributed by atoms with Gasteiger partial charge in [-0.3, -0.25) is 9.48 Å². The zero-order chi connectivity index (χ0) is 17.6. The summed E-state index contributed by atoms with van der Waals surface area (Å²) in [5.41, 5.74) is 2.16. The minimum Gasteiger partial charge on any atom is -0.356 e. The van der Waals surface area contributed by atoms with Crippen LogP contribution in [0.5, 0.6) is 0 Å². The van der Waals surface area contributed by atoms with Crippen LogP contribution in [0.4, 0.5) is 0 Å². The molecule has 7 nitrogen and oxygen atoms in total. The first-order valence-electron chi connectivity index (χ1n) is 8.26. The predicted octanol–water partition coefficient (Wildman–Crippen LogP) is 2.75. The van der Waals surface area contributed by atoms with E-state index >= 15 is 0 Å². The SMILES string of the molecule is Cc1cc(C)n(CCCNC(=O)CCc2nc(-c3cccs3)no2)n1. The Hall–Kier alpha value is -2.48. The van der Waals surface area contributed by atoms with Crippen molar-refractivity contribution < 1.29 is 9.32 Å². The highest BCUT2D eigenvalue weighted by Crippen LogP contribution is 2.21. The fourth-order valence-corrected chi connectivity index (χ4v) is 3.18. The number of nitrogens with zero attached hydrogens (tertiary/aromatic N) is 4.